The van der Waals surface area contributed by atoms with Crippen LogP contribution in [-0.2, 0) is 4.57 Å². The number of anilines is 6. The van der Waals surface area contributed by atoms with Gasteiger partial charge in [0.1, 0.15) is 12.8 Å². The summed E-state index contributed by atoms with van der Waals surface area (Å²) in [6, 6.07) is 17.5. The van der Waals surface area contributed by atoms with Crippen LogP contribution in [0.25, 0.3) is 0 Å². The lowest BCUT2D eigenvalue weighted by Gasteiger charge is -2.13. The van der Waals surface area contributed by atoms with E-state index in [2.05, 4.69) is 32.7 Å². The second-order valence-electron chi connectivity index (χ2n) is 6.73. The highest BCUT2D eigenvalue weighted by Gasteiger charge is 2.36. The minimum Gasteiger partial charge on any atom is -0.370 e. The second kappa shape index (κ2) is 6.98. The molecule has 0 saturated carbocycles. The van der Waals surface area contributed by atoms with Crippen LogP contribution in [-0.4, -0.2) is 29.8 Å². The van der Waals surface area contributed by atoms with Crippen molar-refractivity contribution in [1.82, 2.24) is 9.97 Å². The van der Waals surface area contributed by atoms with E-state index in [1.54, 1.807) is 19.5 Å². The zero-order valence-electron chi connectivity index (χ0n) is 15.6. The van der Waals surface area contributed by atoms with Gasteiger partial charge in [0.2, 0.25) is 12.5 Å². The van der Waals surface area contributed by atoms with Crippen LogP contribution in [0.2, 0.25) is 0 Å². The van der Waals surface area contributed by atoms with Crippen molar-refractivity contribution in [2.24, 2.45) is 0 Å². The van der Waals surface area contributed by atoms with E-state index in [9.17, 15) is 4.57 Å². The summed E-state index contributed by atoms with van der Waals surface area (Å²) in [5, 5.41) is 7.05. The summed E-state index contributed by atoms with van der Waals surface area (Å²) in [6.45, 7) is 9.46. The smallest absolute Gasteiger partial charge is 0.229 e. The van der Waals surface area contributed by atoms with E-state index in [0.717, 1.165) is 28.2 Å². The number of hydrogen-bond donors (Lipinski definition) is 2. The molecule has 0 amide bonds. The number of para-hydroxylation sites is 1. The van der Waals surface area contributed by atoms with Crippen molar-refractivity contribution in [3.8, 4) is 0 Å². The fourth-order valence-electron chi connectivity index (χ4n) is 2.91. The fraction of sp³-hybridized carbons (Fsp3) is 0.143. The molecule has 0 fully saturated rings. The number of rotatable bonds is 7. The van der Waals surface area contributed by atoms with Gasteiger partial charge in [-0.05, 0) is 49.7 Å². The Bertz CT molecular complexity index is 1070. The highest BCUT2D eigenvalue weighted by Crippen LogP contribution is 2.53. The molecule has 28 heavy (non-hydrogen) atoms. The van der Waals surface area contributed by atoms with Crippen molar-refractivity contribution in [3.05, 3.63) is 67.4 Å². The number of aromatic nitrogens is 2. The van der Waals surface area contributed by atoms with E-state index >= 15 is 0 Å². The molecule has 0 bridgehead atoms. The molecule has 0 saturated heterocycles. The zero-order chi connectivity index (χ0) is 19.7. The highest BCUT2D eigenvalue weighted by atomic mass is 31.2. The predicted molar refractivity (Wildman–Crippen MR) is 114 cm³/mol. The summed E-state index contributed by atoms with van der Waals surface area (Å²) in [7, 11) is -2.41. The molecule has 0 unspecified atom stereocenters. The van der Waals surface area contributed by atoms with Crippen LogP contribution in [0.1, 0.15) is 0 Å². The van der Waals surface area contributed by atoms with Gasteiger partial charge in [0, 0.05) is 5.30 Å². The molecule has 6 nitrogen and oxygen atoms in total. The van der Waals surface area contributed by atoms with Crippen LogP contribution in [0.3, 0.4) is 0 Å². The van der Waals surface area contributed by atoms with E-state index in [1.807, 2.05) is 41.3 Å². The van der Waals surface area contributed by atoms with Crippen molar-refractivity contribution < 1.29 is 4.57 Å². The first-order valence-corrected chi connectivity index (χ1v) is 11.4. The predicted octanol–water partition coefficient (Wildman–Crippen LogP) is 4.25. The Kier molecular flexibility index (Phi) is 4.49. The molecule has 2 N–H and O–H groups in total. The summed E-state index contributed by atoms with van der Waals surface area (Å²) in [6.07, 6.45) is 3.29. The zero-order valence-corrected chi connectivity index (χ0v) is 16.5. The Morgan fingerprint density at radius 2 is 1.89 bits per heavy atom. The average molecular weight is 388 g/mol. The molecule has 1 aliphatic heterocycles. The second-order valence-corrected chi connectivity index (χ2v) is 9.91. The first-order valence-electron chi connectivity index (χ1n) is 8.77. The Hall–Kier alpha value is -3.38. The van der Waals surface area contributed by atoms with Gasteiger partial charge >= 0.3 is 0 Å². The third-order valence-electron chi connectivity index (χ3n) is 4.26. The quantitative estimate of drug-likeness (QED) is 0.280. The molecule has 1 aromatic heterocycles. The third-order valence-corrected chi connectivity index (χ3v) is 5.80. The largest absolute Gasteiger partial charge is 0.370 e. The Morgan fingerprint density at radius 3 is 2.61 bits per heavy atom. The summed E-state index contributed by atoms with van der Waals surface area (Å²) < 4.78 is 12.6. The van der Waals surface area contributed by atoms with E-state index in [-0.39, 0.29) is 0 Å². The van der Waals surface area contributed by atoms with Crippen LogP contribution >= 0.6 is 7.14 Å². The van der Waals surface area contributed by atoms with E-state index in [4.69, 9.17) is 6.58 Å². The molecule has 0 atom stereocenters. The van der Waals surface area contributed by atoms with Gasteiger partial charge in [-0.2, -0.15) is 4.98 Å². The summed E-state index contributed by atoms with van der Waals surface area (Å²) >= 11 is 0. The number of benzene rings is 1. The lowest BCUT2D eigenvalue weighted by atomic mass is 10.3. The van der Waals surface area contributed by atoms with Crippen molar-refractivity contribution in [2.75, 3.05) is 35.4 Å². The number of hydrogen-bond acceptors (Lipinski definition) is 6. The molecule has 4 rings (SSSR count). The van der Waals surface area contributed by atoms with Crippen molar-refractivity contribution in [3.63, 3.8) is 0 Å². The first-order chi connectivity index (χ1) is 13.5. The molecule has 7 heteroatoms. The van der Waals surface area contributed by atoms with Gasteiger partial charge in [-0.25, -0.2) is 4.98 Å². The van der Waals surface area contributed by atoms with Gasteiger partial charge in [0.05, 0.1) is 29.8 Å². The van der Waals surface area contributed by atoms with E-state index < -0.39 is 7.14 Å². The highest BCUT2D eigenvalue weighted by molar-refractivity contribution is 7.70. The maximum Gasteiger partial charge on any atom is 0.229 e. The molecule has 2 aromatic carbocycles. The average Bonchev–Trinajstić information content (AvgIpc) is 3.40. The van der Waals surface area contributed by atoms with Gasteiger partial charge in [0.25, 0.3) is 0 Å². The Balaban J connectivity index is 1.52. The van der Waals surface area contributed by atoms with Crippen LogP contribution in [0.4, 0.5) is 34.5 Å². The van der Waals surface area contributed by atoms with E-state index in [0.29, 0.717) is 18.2 Å². The minimum absolute atomic E-state index is 0.468. The molecule has 0 radical (unpaired) electrons. The molecule has 138 valence electrons. The maximum absolute atomic E-state index is 12.6. The van der Waals surface area contributed by atoms with Crippen LogP contribution in [0.15, 0.2) is 48.7 Å². The van der Waals surface area contributed by atoms with Crippen LogP contribution < -0.4 is 20.8 Å². The van der Waals surface area contributed by atoms with Gasteiger partial charge in [-0.1, -0.05) is 12.1 Å². The number of nitrogens with zero attached hydrogens (tertiary/aromatic N) is 3. The monoisotopic (exact) mass is 388 g/mol. The first kappa shape index (κ1) is 18.0. The third kappa shape index (κ3) is 3.54. The normalized spacial score (nSPS) is 12.0. The molecule has 2 heterocycles. The summed E-state index contributed by atoms with van der Waals surface area (Å²) in [4.78, 5) is 10.9. The summed E-state index contributed by atoms with van der Waals surface area (Å²) in [5.41, 5.74) is 3.32. The molecule has 0 aliphatic carbocycles. The van der Waals surface area contributed by atoms with Crippen molar-refractivity contribution in [2.45, 2.75) is 0 Å². The lowest BCUT2D eigenvalue weighted by molar-refractivity contribution is 0.588. The fourth-order valence-corrected chi connectivity index (χ4v) is 4.08. The number of nitrogens with one attached hydrogen (secondary N) is 2. The van der Waals surface area contributed by atoms with Gasteiger partial charge in [-0.15, -0.1) is 0 Å². The van der Waals surface area contributed by atoms with Crippen LogP contribution in [0.5, 0.6) is 0 Å². The minimum atomic E-state index is -2.41. The Labute approximate surface area is 164 Å². The van der Waals surface area contributed by atoms with Crippen molar-refractivity contribution >= 4 is 47.0 Å². The molecular formula is C21H19N5OP+. The Morgan fingerprint density at radius 1 is 1.14 bits per heavy atom. The standard InChI is InChI=1S/C21H19N5OP/c1-4-13-22-15-9-11-16(12-10-15)24-21-23-14-18-20(25-21)26(18)17-7-5-6-8-19(17)28(2,3)27/h1,4-9,11,14,22H,13H2,2-3H3,(H,23,24,25)/q+1. The SMILES string of the molecule is [CH+]=CCNc1c#cc(Nc2ncc3c(n2)N3c2ccccc2P(C)(C)=O)cc1. The molecule has 3 aromatic rings. The van der Waals surface area contributed by atoms with Gasteiger partial charge in [-0.3, -0.25) is 4.90 Å². The van der Waals surface area contributed by atoms with Gasteiger partial charge in [0.15, 0.2) is 11.9 Å². The molecular weight excluding hydrogens is 369 g/mol. The maximum atomic E-state index is 12.6. The molecule has 1 aliphatic rings. The molecule has 0 spiro atoms. The van der Waals surface area contributed by atoms with Crippen LogP contribution in [0, 0.1) is 18.7 Å². The van der Waals surface area contributed by atoms with E-state index in [1.165, 1.54) is 6.08 Å². The number of fused-ring (bicyclic) bond motifs is 1. The topological polar surface area (TPSA) is 69.9 Å². The van der Waals surface area contributed by atoms with Gasteiger partial charge < -0.3 is 15.2 Å². The summed E-state index contributed by atoms with van der Waals surface area (Å²) in [5.74, 6) is 1.27. The lowest BCUT2D eigenvalue weighted by Crippen LogP contribution is -2.09. The van der Waals surface area contributed by atoms with Crippen molar-refractivity contribution in [1.29, 1.82) is 0 Å².